The Morgan fingerprint density at radius 3 is 2.55 bits per heavy atom. The molecule has 1 aliphatic rings. The molecule has 116 valence electrons. The Morgan fingerprint density at radius 2 is 1.95 bits per heavy atom. The van der Waals surface area contributed by atoms with Crippen molar-refractivity contribution >= 4 is 17.2 Å². The number of carbonyl (C=O) groups is 1. The van der Waals surface area contributed by atoms with Crippen molar-refractivity contribution in [3.8, 4) is 5.75 Å². The molecule has 1 amide bonds. The van der Waals surface area contributed by atoms with Crippen LogP contribution in [0.5, 0.6) is 5.75 Å². The molecule has 1 aliphatic heterocycles. The van der Waals surface area contributed by atoms with E-state index in [-0.39, 0.29) is 12.0 Å². The number of amides is 1. The van der Waals surface area contributed by atoms with E-state index in [1.54, 1.807) is 12.4 Å². The van der Waals surface area contributed by atoms with Crippen LogP contribution in [0, 0.1) is 13.8 Å². The van der Waals surface area contributed by atoms with Crippen LogP contribution >= 0.6 is 11.3 Å². The summed E-state index contributed by atoms with van der Waals surface area (Å²) in [6.45, 7) is 5.29. The van der Waals surface area contributed by atoms with E-state index in [1.807, 2.05) is 30.9 Å². The number of aryl methyl sites for hydroxylation is 2. The van der Waals surface area contributed by atoms with Crippen molar-refractivity contribution in [3.05, 3.63) is 40.1 Å². The first-order valence-corrected chi connectivity index (χ1v) is 8.25. The molecule has 0 radical (unpaired) electrons. The van der Waals surface area contributed by atoms with Gasteiger partial charge in [0.05, 0.1) is 10.7 Å². The van der Waals surface area contributed by atoms with Gasteiger partial charge in [-0.25, -0.2) is 4.98 Å². The molecule has 1 saturated heterocycles. The minimum Gasteiger partial charge on any atom is -0.490 e. The molecule has 2 aromatic rings. The van der Waals surface area contributed by atoms with E-state index in [0.29, 0.717) is 0 Å². The van der Waals surface area contributed by atoms with Gasteiger partial charge >= 0.3 is 0 Å². The molecule has 0 bridgehead atoms. The van der Waals surface area contributed by atoms with E-state index in [2.05, 4.69) is 9.97 Å². The van der Waals surface area contributed by atoms with Gasteiger partial charge in [-0.15, -0.1) is 11.3 Å². The molecule has 1 fully saturated rings. The number of nitrogens with zero attached hydrogens (tertiary/aromatic N) is 3. The van der Waals surface area contributed by atoms with E-state index in [0.717, 1.165) is 47.3 Å². The summed E-state index contributed by atoms with van der Waals surface area (Å²) in [6, 6.07) is 3.72. The van der Waals surface area contributed by atoms with E-state index >= 15 is 0 Å². The first-order valence-electron chi connectivity index (χ1n) is 7.43. The van der Waals surface area contributed by atoms with Crippen LogP contribution in [-0.4, -0.2) is 40.0 Å². The highest BCUT2D eigenvalue weighted by Gasteiger charge is 2.26. The molecule has 2 aromatic heterocycles. The smallest absolute Gasteiger partial charge is 0.265 e. The molecular weight excluding hydrogens is 298 g/mol. The fourth-order valence-electron chi connectivity index (χ4n) is 2.66. The van der Waals surface area contributed by atoms with Crippen molar-refractivity contribution in [1.82, 2.24) is 14.9 Å². The van der Waals surface area contributed by atoms with E-state index in [4.69, 9.17) is 4.74 Å². The van der Waals surface area contributed by atoms with Crippen LogP contribution in [-0.2, 0) is 0 Å². The molecule has 0 aliphatic carbocycles. The minimum atomic E-state index is 0.102. The van der Waals surface area contributed by atoms with Gasteiger partial charge in [0, 0.05) is 38.3 Å². The maximum atomic E-state index is 12.5. The van der Waals surface area contributed by atoms with E-state index in [1.165, 1.54) is 11.3 Å². The van der Waals surface area contributed by atoms with Gasteiger partial charge in [0.25, 0.3) is 5.91 Å². The number of aromatic nitrogens is 2. The van der Waals surface area contributed by atoms with Gasteiger partial charge in [0.2, 0.25) is 0 Å². The fraction of sp³-hybridized carbons (Fsp3) is 0.438. The summed E-state index contributed by atoms with van der Waals surface area (Å²) < 4.78 is 5.93. The summed E-state index contributed by atoms with van der Waals surface area (Å²) in [5.74, 6) is 0.944. The molecule has 22 heavy (non-hydrogen) atoms. The summed E-state index contributed by atoms with van der Waals surface area (Å²) in [5, 5.41) is 0.941. The normalized spacial score (nSPS) is 15.8. The number of piperidine rings is 1. The zero-order valence-electron chi connectivity index (χ0n) is 12.8. The van der Waals surface area contributed by atoms with Crippen molar-refractivity contribution < 1.29 is 9.53 Å². The van der Waals surface area contributed by atoms with Crippen molar-refractivity contribution in [1.29, 1.82) is 0 Å². The SMILES string of the molecule is Cc1nc(C)c(C(=O)N2CCC(Oc3ccncc3)CC2)s1. The monoisotopic (exact) mass is 317 g/mol. The second-order valence-corrected chi connectivity index (χ2v) is 6.64. The molecule has 0 aromatic carbocycles. The molecule has 0 saturated carbocycles. The van der Waals surface area contributed by atoms with Gasteiger partial charge in [0.15, 0.2) is 0 Å². The molecule has 0 N–H and O–H groups in total. The lowest BCUT2D eigenvalue weighted by atomic mass is 10.1. The Morgan fingerprint density at radius 1 is 1.27 bits per heavy atom. The molecule has 0 spiro atoms. The number of hydrogen-bond acceptors (Lipinski definition) is 5. The van der Waals surface area contributed by atoms with Gasteiger partial charge in [-0.3, -0.25) is 9.78 Å². The lowest BCUT2D eigenvalue weighted by Crippen LogP contribution is -2.41. The summed E-state index contributed by atoms with van der Waals surface area (Å²) in [4.78, 5) is 23.5. The van der Waals surface area contributed by atoms with Crippen LogP contribution in [0.1, 0.15) is 33.2 Å². The van der Waals surface area contributed by atoms with Crippen LogP contribution in [0.4, 0.5) is 0 Å². The number of rotatable bonds is 3. The zero-order chi connectivity index (χ0) is 15.5. The predicted octanol–water partition coefficient (Wildman–Crippen LogP) is 2.84. The largest absolute Gasteiger partial charge is 0.490 e. The zero-order valence-corrected chi connectivity index (χ0v) is 13.6. The topological polar surface area (TPSA) is 55.3 Å². The van der Waals surface area contributed by atoms with Gasteiger partial charge in [0.1, 0.15) is 16.7 Å². The van der Waals surface area contributed by atoms with Crippen LogP contribution < -0.4 is 4.74 Å². The van der Waals surface area contributed by atoms with Crippen molar-refractivity contribution in [2.75, 3.05) is 13.1 Å². The number of hydrogen-bond donors (Lipinski definition) is 0. The van der Waals surface area contributed by atoms with Crippen molar-refractivity contribution in [3.63, 3.8) is 0 Å². The van der Waals surface area contributed by atoms with Crippen molar-refractivity contribution in [2.45, 2.75) is 32.8 Å². The standard InChI is InChI=1S/C16H19N3O2S/c1-11-15(22-12(2)18-11)16(20)19-9-5-14(6-10-19)21-13-3-7-17-8-4-13/h3-4,7-8,14H,5-6,9-10H2,1-2H3. The van der Waals surface area contributed by atoms with Gasteiger partial charge < -0.3 is 9.64 Å². The summed E-state index contributed by atoms with van der Waals surface area (Å²) in [5.41, 5.74) is 0.836. The summed E-state index contributed by atoms with van der Waals surface area (Å²) in [7, 11) is 0. The first kappa shape index (κ1) is 15.0. The molecule has 0 unspecified atom stereocenters. The predicted molar refractivity (Wildman–Crippen MR) is 85.4 cm³/mol. The van der Waals surface area contributed by atoms with Crippen molar-refractivity contribution in [2.24, 2.45) is 0 Å². The van der Waals surface area contributed by atoms with Crippen LogP contribution in [0.25, 0.3) is 0 Å². The lowest BCUT2D eigenvalue weighted by Gasteiger charge is -2.32. The third-order valence-electron chi connectivity index (χ3n) is 3.78. The quantitative estimate of drug-likeness (QED) is 0.873. The van der Waals surface area contributed by atoms with Crippen LogP contribution in [0.2, 0.25) is 0 Å². The second-order valence-electron chi connectivity index (χ2n) is 5.44. The van der Waals surface area contributed by atoms with Crippen LogP contribution in [0.15, 0.2) is 24.5 Å². The maximum absolute atomic E-state index is 12.5. The van der Waals surface area contributed by atoms with Gasteiger partial charge in [-0.05, 0) is 26.0 Å². The Kier molecular flexibility index (Phi) is 4.38. The van der Waals surface area contributed by atoms with Gasteiger partial charge in [-0.2, -0.15) is 0 Å². The first-order chi connectivity index (χ1) is 10.6. The molecular formula is C16H19N3O2S. The minimum absolute atomic E-state index is 0.102. The Bertz CT molecular complexity index is 649. The van der Waals surface area contributed by atoms with Gasteiger partial charge in [-0.1, -0.05) is 0 Å². The second kappa shape index (κ2) is 6.44. The molecule has 5 nitrogen and oxygen atoms in total. The molecule has 3 heterocycles. The molecule has 0 atom stereocenters. The summed E-state index contributed by atoms with van der Waals surface area (Å²) in [6.07, 6.45) is 5.32. The van der Waals surface area contributed by atoms with E-state index < -0.39 is 0 Å². The lowest BCUT2D eigenvalue weighted by molar-refractivity contribution is 0.0599. The highest BCUT2D eigenvalue weighted by Crippen LogP contribution is 2.23. The highest BCUT2D eigenvalue weighted by atomic mass is 32.1. The Hall–Kier alpha value is -1.95. The van der Waals surface area contributed by atoms with Crippen LogP contribution in [0.3, 0.4) is 0 Å². The van der Waals surface area contributed by atoms with E-state index in [9.17, 15) is 4.79 Å². The third-order valence-corrected chi connectivity index (χ3v) is 4.84. The Labute approximate surface area is 134 Å². The number of carbonyl (C=O) groups excluding carboxylic acids is 1. The average Bonchev–Trinajstić information content (AvgIpc) is 2.87. The number of ether oxygens (including phenoxy) is 1. The summed E-state index contributed by atoms with van der Waals surface area (Å²) >= 11 is 1.48. The third kappa shape index (κ3) is 3.27. The highest BCUT2D eigenvalue weighted by molar-refractivity contribution is 7.13. The average molecular weight is 317 g/mol. The molecule has 6 heteroatoms. The maximum Gasteiger partial charge on any atom is 0.265 e. The molecule has 3 rings (SSSR count). The number of likely N-dealkylation sites (tertiary alicyclic amines) is 1. The number of thiazole rings is 1. The number of pyridine rings is 1. The Balaban J connectivity index is 1.57. The fourth-order valence-corrected chi connectivity index (χ4v) is 3.55.